The summed E-state index contributed by atoms with van der Waals surface area (Å²) in [5, 5.41) is 2.52. The van der Waals surface area contributed by atoms with Crippen LogP contribution in [-0.4, -0.2) is 57.6 Å². The largest absolute Gasteiger partial charge is 0.355 e. The molecular formula is C21H24N6O4S. The fraction of sp³-hybridized carbons (Fsp3) is 0.429. The molecule has 3 aromatic heterocycles. The van der Waals surface area contributed by atoms with Gasteiger partial charge in [-0.25, -0.2) is 4.79 Å². The smallest absolute Gasteiger partial charge is 0.328 e. The van der Waals surface area contributed by atoms with Crippen LogP contribution in [0.2, 0.25) is 0 Å². The quantitative estimate of drug-likeness (QED) is 0.570. The van der Waals surface area contributed by atoms with E-state index in [1.165, 1.54) is 25.4 Å². The zero-order valence-electron chi connectivity index (χ0n) is 17.9. The van der Waals surface area contributed by atoms with Crippen molar-refractivity contribution < 1.29 is 4.79 Å². The molecule has 11 heteroatoms. The van der Waals surface area contributed by atoms with Gasteiger partial charge in [0.2, 0.25) is 0 Å². The highest BCUT2D eigenvalue weighted by atomic mass is 32.1. The van der Waals surface area contributed by atoms with Gasteiger partial charge >= 0.3 is 5.69 Å². The first-order valence-electron chi connectivity index (χ1n) is 10.5. The van der Waals surface area contributed by atoms with E-state index in [0.717, 1.165) is 41.3 Å². The summed E-state index contributed by atoms with van der Waals surface area (Å²) in [6.07, 6.45) is 0.820. The topological polar surface area (TPSA) is 112 Å². The Morgan fingerprint density at radius 2 is 2.00 bits per heavy atom. The molecule has 1 amide bonds. The molecule has 0 bridgehead atoms. The number of hydrogen-bond acceptors (Lipinski definition) is 7. The number of aromatic nitrogens is 3. The van der Waals surface area contributed by atoms with Gasteiger partial charge in [0.05, 0.1) is 5.52 Å². The lowest BCUT2D eigenvalue weighted by Gasteiger charge is -2.46. The molecule has 10 nitrogen and oxygen atoms in total. The summed E-state index contributed by atoms with van der Waals surface area (Å²) in [6.45, 7) is 3.71. The first-order chi connectivity index (χ1) is 15.4. The third-order valence-electron chi connectivity index (χ3n) is 6.38. The molecule has 5 heterocycles. The van der Waals surface area contributed by atoms with Crippen LogP contribution in [0, 0.1) is 0 Å². The summed E-state index contributed by atoms with van der Waals surface area (Å²) < 4.78 is 3.37. The van der Waals surface area contributed by atoms with Gasteiger partial charge in [0.25, 0.3) is 17.0 Å². The van der Waals surface area contributed by atoms with Crippen LogP contribution in [0.1, 0.15) is 21.7 Å². The molecule has 1 unspecified atom stereocenters. The van der Waals surface area contributed by atoms with E-state index in [9.17, 15) is 19.2 Å². The number of thiophene rings is 1. The van der Waals surface area contributed by atoms with Crippen LogP contribution in [0.4, 0.5) is 5.82 Å². The number of nitrogens with one attached hydrogen (secondary N) is 2. The molecule has 1 atom stereocenters. The fourth-order valence-electron chi connectivity index (χ4n) is 4.67. The summed E-state index contributed by atoms with van der Waals surface area (Å²) in [4.78, 5) is 57.3. The maximum atomic E-state index is 12.8. The van der Waals surface area contributed by atoms with Crippen LogP contribution in [0.3, 0.4) is 0 Å². The first-order valence-corrected chi connectivity index (χ1v) is 11.4. The zero-order valence-corrected chi connectivity index (χ0v) is 18.7. The van der Waals surface area contributed by atoms with Crippen LogP contribution < -0.4 is 27.0 Å². The number of rotatable bonds is 3. The Kier molecular flexibility index (Phi) is 5.01. The third-order valence-corrected chi connectivity index (χ3v) is 7.49. The molecule has 3 aromatic rings. The molecule has 32 heavy (non-hydrogen) atoms. The second-order valence-electron chi connectivity index (χ2n) is 8.26. The van der Waals surface area contributed by atoms with Crippen molar-refractivity contribution >= 4 is 33.3 Å². The van der Waals surface area contributed by atoms with E-state index in [-0.39, 0.29) is 28.6 Å². The molecule has 168 valence electrons. The SMILES string of the molecule is CNC(=O)c1ccc2n(c1=O)CCC1CN(Cc3cc4[nH]c(=O)n(C)c(=O)c4s3)CCN21. The number of H-pyrrole nitrogens is 1. The van der Waals surface area contributed by atoms with Crippen molar-refractivity contribution in [3.63, 3.8) is 0 Å². The monoisotopic (exact) mass is 456 g/mol. The van der Waals surface area contributed by atoms with Gasteiger partial charge in [-0.05, 0) is 24.6 Å². The highest BCUT2D eigenvalue weighted by Gasteiger charge is 2.33. The van der Waals surface area contributed by atoms with Crippen molar-refractivity contribution in [2.24, 2.45) is 7.05 Å². The fourth-order valence-corrected chi connectivity index (χ4v) is 5.80. The normalized spacial score (nSPS) is 18.4. The van der Waals surface area contributed by atoms with Crippen LogP contribution in [-0.2, 0) is 20.1 Å². The molecule has 2 aliphatic heterocycles. The van der Waals surface area contributed by atoms with E-state index >= 15 is 0 Å². The first kappa shape index (κ1) is 20.7. The molecule has 0 aliphatic carbocycles. The standard InChI is InChI=1S/C21H24N6O4S/c1-22-18(28)14-3-4-16-26-8-7-25(10-12(26)5-6-27(16)19(14)29)11-13-9-15-17(32-13)20(30)24(2)21(31)23-15/h3-4,9,12H,5-8,10-11H2,1-2H3,(H,22,28)(H,23,31). The lowest BCUT2D eigenvalue weighted by molar-refractivity contribution is 0.0960. The van der Waals surface area contributed by atoms with Crippen molar-refractivity contribution in [2.45, 2.75) is 25.6 Å². The number of anilines is 1. The average molecular weight is 457 g/mol. The Morgan fingerprint density at radius 3 is 2.78 bits per heavy atom. The summed E-state index contributed by atoms with van der Waals surface area (Å²) >= 11 is 1.42. The lowest BCUT2D eigenvalue weighted by Crippen LogP contribution is -2.56. The van der Waals surface area contributed by atoms with Crippen molar-refractivity contribution in [3.05, 3.63) is 59.8 Å². The van der Waals surface area contributed by atoms with E-state index in [1.807, 2.05) is 12.1 Å². The molecule has 0 saturated carbocycles. The van der Waals surface area contributed by atoms with Gasteiger partial charge in [0.1, 0.15) is 16.1 Å². The van der Waals surface area contributed by atoms with Gasteiger partial charge < -0.3 is 15.2 Å². The molecule has 0 radical (unpaired) electrons. The van der Waals surface area contributed by atoms with E-state index in [0.29, 0.717) is 23.3 Å². The predicted molar refractivity (Wildman–Crippen MR) is 123 cm³/mol. The maximum Gasteiger partial charge on any atom is 0.328 e. The molecule has 0 spiro atoms. The predicted octanol–water partition coefficient (Wildman–Crippen LogP) is -0.0959. The molecule has 5 rings (SSSR count). The van der Waals surface area contributed by atoms with Crippen LogP contribution in [0.25, 0.3) is 10.2 Å². The van der Waals surface area contributed by atoms with Crippen molar-refractivity contribution in [3.8, 4) is 0 Å². The Bertz CT molecular complexity index is 1400. The van der Waals surface area contributed by atoms with Gasteiger partial charge in [-0.2, -0.15) is 0 Å². The number of aromatic amines is 1. The second-order valence-corrected chi connectivity index (χ2v) is 9.40. The molecule has 2 aliphatic rings. The van der Waals surface area contributed by atoms with E-state index in [2.05, 4.69) is 20.1 Å². The number of nitrogens with zero attached hydrogens (tertiary/aromatic N) is 4. The number of fused-ring (bicyclic) bond motifs is 4. The minimum absolute atomic E-state index is 0.169. The van der Waals surface area contributed by atoms with Crippen molar-refractivity contribution in [2.75, 3.05) is 31.6 Å². The summed E-state index contributed by atoms with van der Waals surface area (Å²) in [5.74, 6) is 0.498. The minimum atomic E-state index is -0.406. The third kappa shape index (κ3) is 3.28. The molecular weight excluding hydrogens is 432 g/mol. The van der Waals surface area contributed by atoms with Crippen LogP contribution >= 0.6 is 11.3 Å². The van der Waals surface area contributed by atoms with E-state index in [4.69, 9.17) is 0 Å². The second kappa shape index (κ2) is 7.75. The Hall–Kier alpha value is -3.18. The highest BCUT2D eigenvalue weighted by molar-refractivity contribution is 7.18. The number of hydrogen-bond donors (Lipinski definition) is 2. The highest BCUT2D eigenvalue weighted by Crippen LogP contribution is 2.29. The number of pyridine rings is 1. The van der Waals surface area contributed by atoms with Crippen LogP contribution in [0.15, 0.2) is 32.6 Å². The number of piperazine rings is 1. The lowest BCUT2D eigenvalue weighted by atomic mass is 10.0. The van der Waals surface area contributed by atoms with Gasteiger partial charge in [-0.3, -0.25) is 28.4 Å². The summed E-state index contributed by atoms with van der Waals surface area (Å²) in [7, 11) is 3.00. The van der Waals surface area contributed by atoms with E-state index in [1.54, 1.807) is 10.6 Å². The summed E-state index contributed by atoms with van der Waals surface area (Å²) in [6, 6.07) is 5.65. The average Bonchev–Trinajstić information content (AvgIpc) is 3.19. The molecule has 1 fully saturated rings. The number of carbonyl (C=O) groups is 1. The molecule has 1 saturated heterocycles. The van der Waals surface area contributed by atoms with Crippen LogP contribution in [0.5, 0.6) is 0 Å². The van der Waals surface area contributed by atoms with Crippen molar-refractivity contribution in [1.29, 1.82) is 0 Å². The zero-order chi connectivity index (χ0) is 22.6. The Labute approximate surface area is 186 Å². The Balaban J connectivity index is 1.35. The number of carbonyl (C=O) groups excluding carboxylic acids is 1. The Morgan fingerprint density at radius 1 is 1.19 bits per heavy atom. The van der Waals surface area contributed by atoms with Gasteiger partial charge in [-0.1, -0.05) is 0 Å². The van der Waals surface area contributed by atoms with Gasteiger partial charge in [0.15, 0.2) is 0 Å². The van der Waals surface area contributed by atoms with E-state index < -0.39 is 5.69 Å². The molecule has 2 N–H and O–H groups in total. The van der Waals surface area contributed by atoms with Gasteiger partial charge in [-0.15, -0.1) is 11.3 Å². The summed E-state index contributed by atoms with van der Waals surface area (Å²) in [5.41, 5.74) is -0.160. The molecule has 0 aromatic carbocycles. The van der Waals surface area contributed by atoms with Crippen molar-refractivity contribution in [1.82, 2.24) is 24.3 Å². The maximum absolute atomic E-state index is 12.8. The van der Waals surface area contributed by atoms with Gasteiger partial charge in [0, 0.05) is 57.7 Å². The minimum Gasteiger partial charge on any atom is -0.355 e. The number of amides is 1.